The topological polar surface area (TPSA) is 46.2 Å². The molecular weight excluding hydrogens is 138 g/mol. The van der Waals surface area contributed by atoms with Gasteiger partial charge in [0.15, 0.2) is 0 Å². The molecule has 0 radical (unpaired) electrons. The van der Waals surface area contributed by atoms with Gasteiger partial charge in [-0.05, 0) is 51.5 Å². The van der Waals surface area contributed by atoms with Crippen LogP contribution in [0, 0.1) is 11.8 Å². The minimum absolute atomic E-state index is 0.469. The van der Waals surface area contributed by atoms with Gasteiger partial charge in [-0.1, -0.05) is 0 Å². The van der Waals surface area contributed by atoms with Crippen molar-refractivity contribution in [3.8, 4) is 0 Å². The molecule has 0 spiro atoms. The molecule has 0 amide bonds. The molecule has 0 aromatic carbocycles. The zero-order valence-corrected chi connectivity index (χ0v) is 7.51. The Kier molecular flexibility index (Phi) is 2.55. The Morgan fingerprint density at radius 3 is 2.36 bits per heavy atom. The summed E-state index contributed by atoms with van der Waals surface area (Å²) in [5, 5.41) is 9.69. The van der Waals surface area contributed by atoms with Crippen LogP contribution in [-0.2, 0) is 0 Å². The Balaban J connectivity index is 2.42. The Bertz CT molecular complexity index is 128. The fourth-order valence-electron chi connectivity index (χ4n) is 1.93. The predicted molar refractivity (Wildman–Crippen MR) is 46.2 cm³/mol. The zero-order chi connectivity index (χ0) is 8.48. The molecule has 3 N–H and O–H groups in total. The molecule has 0 heterocycles. The highest BCUT2D eigenvalue weighted by molar-refractivity contribution is 4.85. The summed E-state index contributed by atoms with van der Waals surface area (Å²) in [6.45, 7) is 4.58. The average molecular weight is 157 g/mol. The number of nitrogens with two attached hydrogens (primary N) is 1. The minimum atomic E-state index is -0.496. The van der Waals surface area contributed by atoms with Gasteiger partial charge in [0.25, 0.3) is 0 Å². The van der Waals surface area contributed by atoms with Crippen LogP contribution in [0.5, 0.6) is 0 Å². The molecule has 1 aliphatic carbocycles. The van der Waals surface area contributed by atoms with Crippen molar-refractivity contribution in [2.24, 2.45) is 17.6 Å². The van der Waals surface area contributed by atoms with Crippen LogP contribution in [0.1, 0.15) is 33.1 Å². The second kappa shape index (κ2) is 3.11. The van der Waals surface area contributed by atoms with E-state index in [9.17, 15) is 5.11 Å². The average Bonchev–Trinajstić information content (AvgIpc) is 2.32. The summed E-state index contributed by atoms with van der Waals surface area (Å²) in [7, 11) is 0. The van der Waals surface area contributed by atoms with E-state index in [0.29, 0.717) is 11.8 Å². The first kappa shape index (κ1) is 9.01. The Morgan fingerprint density at radius 2 is 2.09 bits per heavy atom. The van der Waals surface area contributed by atoms with Gasteiger partial charge in [0.1, 0.15) is 0 Å². The summed E-state index contributed by atoms with van der Waals surface area (Å²) in [4.78, 5) is 0. The summed E-state index contributed by atoms with van der Waals surface area (Å²) in [6, 6.07) is 0. The van der Waals surface area contributed by atoms with Gasteiger partial charge in [-0.2, -0.15) is 0 Å². The molecule has 1 saturated carbocycles. The smallest absolute Gasteiger partial charge is 0.0619 e. The van der Waals surface area contributed by atoms with E-state index in [4.69, 9.17) is 5.73 Å². The second-order valence-electron chi connectivity index (χ2n) is 4.27. The Morgan fingerprint density at radius 1 is 1.45 bits per heavy atom. The van der Waals surface area contributed by atoms with E-state index in [1.807, 2.05) is 13.8 Å². The lowest BCUT2D eigenvalue weighted by Crippen LogP contribution is -2.29. The predicted octanol–water partition coefficient (Wildman–Crippen LogP) is 1.13. The summed E-state index contributed by atoms with van der Waals surface area (Å²) in [5.74, 6) is 1.13. The first-order valence-corrected chi connectivity index (χ1v) is 4.46. The molecule has 1 rings (SSSR count). The third-order valence-corrected chi connectivity index (χ3v) is 2.87. The summed E-state index contributed by atoms with van der Waals surface area (Å²) < 4.78 is 0. The van der Waals surface area contributed by atoms with Crippen molar-refractivity contribution < 1.29 is 5.11 Å². The lowest BCUT2D eigenvalue weighted by atomic mass is 9.89. The van der Waals surface area contributed by atoms with Crippen molar-refractivity contribution in [1.82, 2.24) is 0 Å². The third kappa shape index (κ3) is 2.17. The molecule has 0 saturated heterocycles. The van der Waals surface area contributed by atoms with Crippen molar-refractivity contribution in [2.75, 3.05) is 6.54 Å². The van der Waals surface area contributed by atoms with Crippen LogP contribution in [0.2, 0.25) is 0 Å². The summed E-state index contributed by atoms with van der Waals surface area (Å²) in [6.07, 6.45) is 3.45. The van der Waals surface area contributed by atoms with Gasteiger partial charge in [0.2, 0.25) is 0 Å². The number of aliphatic hydroxyl groups is 1. The maximum absolute atomic E-state index is 9.69. The Labute approximate surface area is 68.8 Å². The van der Waals surface area contributed by atoms with Gasteiger partial charge in [-0.25, -0.2) is 0 Å². The van der Waals surface area contributed by atoms with Gasteiger partial charge in [-0.3, -0.25) is 0 Å². The molecule has 66 valence electrons. The van der Waals surface area contributed by atoms with Crippen LogP contribution >= 0.6 is 0 Å². The summed E-state index contributed by atoms with van der Waals surface area (Å²) >= 11 is 0. The normalized spacial score (nSPS) is 32.7. The quantitative estimate of drug-likeness (QED) is 0.631. The second-order valence-corrected chi connectivity index (χ2v) is 4.27. The van der Waals surface area contributed by atoms with E-state index < -0.39 is 5.60 Å². The molecule has 0 aliphatic heterocycles. The molecule has 2 nitrogen and oxygen atoms in total. The number of rotatable bonds is 2. The van der Waals surface area contributed by atoms with Crippen molar-refractivity contribution >= 4 is 0 Å². The van der Waals surface area contributed by atoms with Gasteiger partial charge >= 0.3 is 0 Å². The van der Waals surface area contributed by atoms with E-state index in [-0.39, 0.29) is 0 Å². The van der Waals surface area contributed by atoms with E-state index in [1.54, 1.807) is 0 Å². The zero-order valence-electron chi connectivity index (χ0n) is 7.51. The first-order valence-electron chi connectivity index (χ1n) is 4.46. The minimum Gasteiger partial charge on any atom is -0.390 e. The Hall–Kier alpha value is -0.0800. The first-order chi connectivity index (χ1) is 5.04. The molecule has 0 bridgehead atoms. The van der Waals surface area contributed by atoms with Gasteiger partial charge < -0.3 is 10.8 Å². The van der Waals surface area contributed by atoms with Crippen LogP contribution in [-0.4, -0.2) is 17.3 Å². The molecule has 1 aliphatic rings. The largest absolute Gasteiger partial charge is 0.390 e. The van der Waals surface area contributed by atoms with Crippen molar-refractivity contribution in [3.05, 3.63) is 0 Å². The highest BCUT2D eigenvalue weighted by Crippen LogP contribution is 2.36. The molecule has 11 heavy (non-hydrogen) atoms. The molecular formula is C9H19NO. The van der Waals surface area contributed by atoms with Crippen molar-refractivity contribution in [2.45, 2.75) is 38.7 Å². The van der Waals surface area contributed by atoms with Crippen molar-refractivity contribution in [3.63, 3.8) is 0 Å². The molecule has 2 atom stereocenters. The fourth-order valence-corrected chi connectivity index (χ4v) is 1.93. The molecule has 0 aromatic rings. The van der Waals surface area contributed by atoms with Gasteiger partial charge in [0, 0.05) is 0 Å². The standard InChI is InChI=1S/C9H19NO/c1-9(2,11)8-4-3-7(5-8)6-10/h7-8,11H,3-6,10H2,1-2H3. The van der Waals surface area contributed by atoms with Gasteiger partial charge in [0.05, 0.1) is 5.60 Å². The van der Waals surface area contributed by atoms with Crippen molar-refractivity contribution in [1.29, 1.82) is 0 Å². The lowest BCUT2D eigenvalue weighted by molar-refractivity contribution is 0.0184. The number of hydrogen-bond donors (Lipinski definition) is 2. The van der Waals surface area contributed by atoms with Crippen LogP contribution in [0.3, 0.4) is 0 Å². The SMILES string of the molecule is CC(C)(O)C1CCC(CN)C1. The lowest BCUT2D eigenvalue weighted by Gasteiger charge is -2.25. The van der Waals surface area contributed by atoms with E-state index in [1.165, 1.54) is 6.42 Å². The monoisotopic (exact) mass is 157 g/mol. The number of hydrogen-bond acceptors (Lipinski definition) is 2. The molecule has 1 fully saturated rings. The van der Waals surface area contributed by atoms with E-state index in [2.05, 4.69) is 0 Å². The third-order valence-electron chi connectivity index (χ3n) is 2.87. The highest BCUT2D eigenvalue weighted by atomic mass is 16.3. The van der Waals surface area contributed by atoms with Crippen LogP contribution in [0.4, 0.5) is 0 Å². The fraction of sp³-hybridized carbons (Fsp3) is 1.00. The van der Waals surface area contributed by atoms with Crippen LogP contribution in [0.15, 0.2) is 0 Å². The summed E-state index contributed by atoms with van der Waals surface area (Å²) in [5.41, 5.74) is 5.06. The molecule has 0 aromatic heterocycles. The van der Waals surface area contributed by atoms with E-state index >= 15 is 0 Å². The maximum atomic E-state index is 9.69. The van der Waals surface area contributed by atoms with Crippen LogP contribution < -0.4 is 5.73 Å². The molecule has 2 unspecified atom stereocenters. The highest BCUT2D eigenvalue weighted by Gasteiger charge is 2.33. The van der Waals surface area contributed by atoms with E-state index in [0.717, 1.165) is 19.4 Å². The maximum Gasteiger partial charge on any atom is 0.0619 e. The molecule has 2 heteroatoms. The van der Waals surface area contributed by atoms with Gasteiger partial charge in [-0.15, -0.1) is 0 Å². The van der Waals surface area contributed by atoms with Crippen LogP contribution in [0.25, 0.3) is 0 Å².